The first-order chi connectivity index (χ1) is 8.19. The van der Waals surface area contributed by atoms with Crippen LogP contribution in [0, 0.1) is 0 Å². The summed E-state index contributed by atoms with van der Waals surface area (Å²) in [4.78, 5) is 25.7. The Balaban J connectivity index is 2.68. The number of aldehydes is 1. The molecule has 1 aromatic heterocycles. The number of para-hydroxylation sites is 1. The molecule has 0 unspecified atom stereocenters. The molecule has 5 heteroatoms. The summed E-state index contributed by atoms with van der Waals surface area (Å²) in [6.45, 7) is 1.99. The highest BCUT2D eigenvalue weighted by atomic mass is 79.9. The number of fused-ring (bicyclic) bond motifs is 1. The van der Waals surface area contributed by atoms with Crippen LogP contribution in [0.1, 0.15) is 27.8 Å². The number of carbonyl (C=O) groups excluding carboxylic acids is 2. The van der Waals surface area contributed by atoms with Crippen LogP contribution < -0.4 is 0 Å². The lowest BCUT2D eigenvalue weighted by molar-refractivity contribution is 0.0518. The third-order valence-corrected chi connectivity index (χ3v) is 3.08. The predicted molar refractivity (Wildman–Crippen MR) is 67.3 cm³/mol. The van der Waals surface area contributed by atoms with Crippen LogP contribution in [0.15, 0.2) is 22.7 Å². The van der Waals surface area contributed by atoms with Crippen molar-refractivity contribution in [2.24, 2.45) is 0 Å². The lowest BCUT2D eigenvalue weighted by atomic mass is 10.1. The van der Waals surface area contributed by atoms with Crippen molar-refractivity contribution < 1.29 is 14.3 Å². The molecule has 0 bridgehead atoms. The molecule has 88 valence electrons. The maximum atomic E-state index is 11.7. The molecule has 0 amide bonds. The number of H-pyrrole nitrogens is 1. The van der Waals surface area contributed by atoms with Crippen molar-refractivity contribution in [1.29, 1.82) is 0 Å². The highest BCUT2D eigenvalue weighted by Crippen LogP contribution is 2.27. The van der Waals surface area contributed by atoms with E-state index in [1.54, 1.807) is 13.0 Å². The Labute approximate surface area is 106 Å². The summed E-state index contributed by atoms with van der Waals surface area (Å²) in [5.74, 6) is -0.516. The minimum absolute atomic E-state index is 0.198. The zero-order chi connectivity index (χ0) is 12.4. The molecule has 2 rings (SSSR count). The zero-order valence-electron chi connectivity index (χ0n) is 9.12. The molecule has 4 nitrogen and oxygen atoms in total. The van der Waals surface area contributed by atoms with Crippen LogP contribution in [0.2, 0.25) is 0 Å². The van der Waals surface area contributed by atoms with Crippen LogP contribution in [0.5, 0.6) is 0 Å². The number of nitrogens with one attached hydrogen (secondary N) is 1. The Morgan fingerprint density at radius 3 is 2.94 bits per heavy atom. The fraction of sp³-hybridized carbons (Fsp3) is 0.167. The average Bonchev–Trinajstić information content (AvgIpc) is 2.69. The molecule has 0 aliphatic heterocycles. The summed E-state index contributed by atoms with van der Waals surface area (Å²) in [5, 5.41) is 0.706. The molecule has 0 spiro atoms. The molecule has 1 heterocycles. The molecule has 0 atom stereocenters. The first-order valence-corrected chi connectivity index (χ1v) is 5.90. The second kappa shape index (κ2) is 4.71. The SMILES string of the molecule is CCOC(=O)c1[nH]c2c(Br)cccc2c1C=O. The van der Waals surface area contributed by atoms with Crippen LogP contribution in [0.25, 0.3) is 10.9 Å². The summed E-state index contributed by atoms with van der Waals surface area (Å²) in [5.41, 5.74) is 1.25. The summed E-state index contributed by atoms with van der Waals surface area (Å²) in [6, 6.07) is 5.42. The lowest BCUT2D eigenvalue weighted by Crippen LogP contribution is -2.07. The third kappa shape index (κ3) is 1.98. The van der Waals surface area contributed by atoms with E-state index in [2.05, 4.69) is 20.9 Å². The molecule has 2 aromatic rings. The third-order valence-electron chi connectivity index (χ3n) is 2.42. The van der Waals surface area contributed by atoms with Crippen molar-refractivity contribution in [2.45, 2.75) is 6.92 Å². The van der Waals surface area contributed by atoms with Crippen LogP contribution in [-0.4, -0.2) is 23.8 Å². The lowest BCUT2D eigenvalue weighted by Gasteiger charge is -1.98. The largest absolute Gasteiger partial charge is 0.461 e. The molecule has 1 N–H and O–H groups in total. The van der Waals surface area contributed by atoms with Crippen LogP contribution in [0.4, 0.5) is 0 Å². The van der Waals surface area contributed by atoms with Gasteiger partial charge in [-0.05, 0) is 28.9 Å². The predicted octanol–water partition coefficient (Wildman–Crippen LogP) is 2.92. The number of rotatable bonds is 3. The Bertz CT molecular complexity index is 589. The second-order valence-corrected chi connectivity index (χ2v) is 4.27. The van der Waals surface area contributed by atoms with Gasteiger partial charge in [-0.2, -0.15) is 0 Å². The van der Waals surface area contributed by atoms with E-state index >= 15 is 0 Å². The van der Waals surface area contributed by atoms with E-state index in [-0.39, 0.29) is 12.3 Å². The van der Waals surface area contributed by atoms with Gasteiger partial charge in [-0.25, -0.2) is 4.79 Å². The monoisotopic (exact) mass is 295 g/mol. The van der Waals surface area contributed by atoms with Gasteiger partial charge in [0.25, 0.3) is 0 Å². The molecular formula is C12H10BrNO3. The molecule has 0 saturated heterocycles. The molecule has 0 aliphatic rings. The van der Waals surface area contributed by atoms with E-state index in [9.17, 15) is 9.59 Å². The van der Waals surface area contributed by atoms with Crippen molar-refractivity contribution in [2.75, 3.05) is 6.61 Å². The molecule has 0 fully saturated rings. The minimum Gasteiger partial charge on any atom is -0.461 e. The van der Waals surface area contributed by atoms with E-state index in [4.69, 9.17) is 4.74 Å². The highest BCUT2D eigenvalue weighted by Gasteiger charge is 2.19. The number of benzene rings is 1. The maximum absolute atomic E-state index is 11.7. The molecule has 0 saturated carbocycles. The summed E-state index contributed by atoms with van der Waals surface area (Å²) < 4.78 is 5.70. The number of aromatic amines is 1. The van der Waals surface area contributed by atoms with Gasteiger partial charge in [0, 0.05) is 9.86 Å². The number of carbonyl (C=O) groups is 2. The smallest absolute Gasteiger partial charge is 0.355 e. The fourth-order valence-electron chi connectivity index (χ4n) is 1.69. The van der Waals surface area contributed by atoms with E-state index in [1.807, 2.05) is 12.1 Å². The first-order valence-electron chi connectivity index (χ1n) is 5.11. The van der Waals surface area contributed by atoms with Crippen LogP contribution in [0.3, 0.4) is 0 Å². The van der Waals surface area contributed by atoms with Gasteiger partial charge in [-0.15, -0.1) is 0 Å². The van der Waals surface area contributed by atoms with Gasteiger partial charge in [-0.1, -0.05) is 12.1 Å². The van der Waals surface area contributed by atoms with E-state index < -0.39 is 5.97 Å². The number of hydrogen-bond donors (Lipinski definition) is 1. The molecule has 1 aromatic carbocycles. The summed E-state index contributed by atoms with van der Waals surface area (Å²) >= 11 is 3.36. The van der Waals surface area contributed by atoms with Gasteiger partial charge < -0.3 is 9.72 Å². The average molecular weight is 296 g/mol. The van der Waals surface area contributed by atoms with Gasteiger partial charge in [0.05, 0.1) is 17.7 Å². The Morgan fingerprint density at radius 2 is 2.29 bits per heavy atom. The Morgan fingerprint density at radius 1 is 1.53 bits per heavy atom. The van der Waals surface area contributed by atoms with Crippen molar-refractivity contribution >= 4 is 39.1 Å². The maximum Gasteiger partial charge on any atom is 0.355 e. The van der Waals surface area contributed by atoms with E-state index in [0.29, 0.717) is 17.2 Å². The first kappa shape index (κ1) is 11.9. The fourth-order valence-corrected chi connectivity index (χ4v) is 2.15. The number of ether oxygens (including phenoxy) is 1. The standard InChI is InChI=1S/C12H10BrNO3/c1-2-17-12(16)11-8(6-15)7-4-3-5-9(13)10(7)14-11/h3-6,14H,2H2,1H3. The molecular weight excluding hydrogens is 286 g/mol. The number of halogens is 1. The van der Waals surface area contributed by atoms with Gasteiger partial charge in [0.15, 0.2) is 6.29 Å². The number of esters is 1. The summed E-state index contributed by atoms with van der Waals surface area (Å²) in [7, 11) is 0. The Hall–Kier alpha value is -1.62. The van der Waals surface area contributed by atoms with Crippen molar-refractivity contribution in [3.8, 4) is 0 Å². The quantitative estimate of drug-likeness (QED) is 0.700. The Kier molecular flexibility index (Phi) is 3.28. The van der Waals surface area contributed by atoms with Gasteiger partial charge >= 0.3 is 5.97 Å². The van der Waals surface area contributed by atoms with E-state index in [1.165, 1.54) is 0 Å². The van der Waals surface area contributed by atoms with Gasteiger partial charge in [0.2, 0.25) is 0 Å². The number of hydrogen-bond acceptors (Lipinski definition) is 3. The van der Waals surface area contributed by atoms with Crippen molar-refractivity contribution in [3.05, 3.63) is 33.9 Å². The molecule has 17 heavy (non-hydrogen) atoms. The van der Waals surface area contributed by atoms with Gasteiger partial charge in [-0.3, -0.25) is 4.79 Å². The van der Waals surface area contributed by atoms with Crippen molar-refractivity contribution in [3.63, 3.8) is 0 Å². The molecule has 0 radical (unpaired) electrons. The number of aromatic nitrogens is 1. The highest BCUT2D eigenvalue weighted by molar-refractivity contribution is 9.10. The summed E-state index contributed by atoms with van der Waals surface area (Å²) in [6.07, 6.45) is 0.664. The van der Waals surface area contributed by atoms with E-state index in [0.717, 1.165) is 9.99 Å². The van der Waals surface area contributed by atoms with Crippen LogP contribution in [-0.2, 0) is 4.74 Å². The molecule has 0 aliphatic carbocycles. The topological polar surface area (TPSA) is 59.2 Å². The zero-order valence-corrected chi connectivity index (χ0v) is 10.7. The second-order valence-electron chi connectivity index (χ2n) is 3.41. The minimum atomic E-state index is -0.516. The van der Waals surface area contributed by atoms with Crippen molar-refractivity contribution in [1.82, 2.24) is 4.98 Å². The van der Waals surface area contributed by atoms with Gasteiger partial charge in [0.1, 0.15) is 5.69 Å². The van der Waals surface area contributed by atoms with Crippen LogP contribution >= 0.6 is 15.9 Å². The normalized spacial score (nSPS) is 10.5.